The SMILES string of the molecule is Cc1cc(Cl)ccc1NC(=O)CSc1nn(-c2ccc(Cl)cc2)c(=S)s1. The minimum absolute atomic E-state index is 0.111. The van der Waals surface area contributed by atoms with Gasteiger partial charge in [0.25, 0.3) is 0 Å². The van der Waals surface area contributed by atoms with Crippen LogP contribution in [0.3, 0.4) is 0 Å². The number of hydrogen-bond donors (Lipinski definition) is 1. The summed E-state index contributed by atoms with van der Waals surface area (Å²) in [6.07, 6.45) is 0. The summed E-state index contributed by atoms with van der Waals surface area (Å²) >= 11 is 19.9. The summed E-state index contributed by atoms with van der Waals surface area (Å²) in [5.41, 5.74) is 2.50. The Balaban J connectivity index is 1.64. The molecular formula is C17H13Cl2N3OS3. The van der Waals surface area contributed by atoms with Gasteiger partial charge in [0.05, 0.1) is 11.4 Å². The number of rotatable bonds is 5. The number of halogens is 2. The van der Waals surface area contributed by atoms with E-state index in [2.05, 4.69) is 10.4 Å². The molecule has 1 N–H and O–H groups in total. The van der Waals surface area contributed by atoms with Crippen molar-refractivity contribution < 1.29 is 4.79 Å². The van der Waals surface area contributed by atoms with Gasteiger partial charge in [-0.15, -0.1) is 5.10 Å². The predicted octanol–water partition coefficient (Wildman–Crippen LogP) is 6.01. The van der Waals surface area contributed by atoms with Gasteiger partial charge in [0.15, 0.2) is 8.29 Å². The van der Waals surface area contributed by atoms with Gasteiger partial charge in [-0.05, 0) is 67.2 Å². The molecule has 1 amide bonds. The quantitative estimate of drug-likeness (QED) is 0.388. The van der Waals surface area contributed by atoms with Crippen molar-refractivity contribution in [2.75, 3.05) is 11.1 Å². The normalized spacial score (nSPS) is 10.7. The lowest BCUT2D eigenvalue weighted by Gasteiger charge is -2.07. The third-order valence-corrected chi connectivity index (χ3v) is 6.24. The number of aromatic nitrogens is 2. The minimum atomic E-state index is -0.111. The van der Waals surface area contributed by atoms with Gasteiger partial charge in [-0.25, -0.2) is 4.68 Å². The highest BCUT2D eigenvalue weighted by Crippen LogP contribution is 2.25. The van der Waals surface area contributed by atoms with E-state index >= 15 is 0 Å². The van der Waals surface area contributed by atoms with Gasteiger partial charge in [0.1, 0.15) is 0 Å². The Labute approximate surface area is 174 Å². The van der Waals surface area contributed by atoms with Crippen LogP contribution in [0.25, 0.3) is 5.69 Å². The maximum Gasteiger partial charge on any atom is 0.234 e. The summed E-state index contributed by atoms with van der Waals surface area (Å²) in [5, 5.41) is 8.64. The second-order valence-corrected chi connectivity index (χ2v) is 9.04. The maximum atomic E-state index is 12.2. The molecule has 0 atom stereocenters. The Kier molecular flexibility index (Phi) is 6.37. The number of benzene rings is 2. The lowest BCUT2D eigenvalue weighted by molar-refractivity contribution is -0.113. The van der Waals surface area contributed by atoms with Gasteiger partial charge < -0.3 is 5.32 Å². The molecule has 0 saturated heterocycles. The van der Waals surface area contributed by atoms with Crippen molar-refractivity contribution >= 4 is 70.1 Å². The van der Waals surface area contributed by atoms with E-state index in [1.54, 1.807) is 28.9 Å². The Bertz CT molecular complexity index is 999. The topological polar surface area (TPSA) is 46.9 Å². The van der Waals surface area contributed by atoms with Gasteiger partial charge in [0, 0.05) is 15.7 Å². The molecule has 9 heteroatoms. The van der Waals surface area contributed by atoms with Crippen molar-refractivity contribution in [3.05, 3.63) is 62.0 Å². The average Bonchev–Trinajstić information content (AvgIpc) is 2.97. The van der Waals surface area contributed by atoms with E-state index in [1.165, 1.54) is 23.1 Å². The predicted molar refractivity (Wildman–Crippen MR) is 113 cm³/mol. The molecule has 0 radical (unpaired) electrons. The zero-order valence-corrected chi connectivity index (χ0v) is 17.5. The van der Waals surface area contributed by atoms with Crippen LogP contribution in [0, 0.1) is 10.9 Å². The Morgan fingerprint density at radius 1 is 1.23 bits per heavy atom. The lowest BCUT2D eigenvalue weighted by Crippen LogP contribution is -2.14. The van der Waals surface area contributed by atoms with Crippen LogP contribution >= 0.6 is 58.5 Å². The van der Waals surface area contributed by atoms with Crippen molar-refractivity contribution in [2.45, 2.75) is 11.3 Å². The summed E-state index contributed by atoms with van der Waals surface area (Å²) in [7, 11) is 0. The first-order valence-corrected chi connectivity index (χ1v) is 10.4. The van der Waals surface area contributed by atoms with Crippen LogP contribution in [-0.4, -0.2) is 21.4 Å². The highest BCUT2D eigenvalue weighted by molar-refractivity contribution is 8.01. The molecule has 0 fully saturated rings. The largest absolute Gasteiger partial charge is 0.325 e. The van der Waals surface area contributed by atoms with E-state index < -0.39 is 0 Å². The summed E-state index contributed by atoms with van der Waals surface area (Å²) in [4.78, 5) is 12.2. The molecule has 0 unspecified atom stereocenters. The Morgan fingerprint density at radius 2 is 1.92 bits per heavy atom. The Hall–Kier alpha value is -1.38. The van der Waals surface area contributed by atoms with E-state index in [0.717, 1.165) is 21.3 Å². The minimum Gasteiger partial charge on any atom is -0.325 e. The number of aryl methyl sites for hydroxylation is 1. The molecule has 3 aromatic rings. The zero-order valence-electron chi connectivity index (χ0n) is 13.5. The van der Waals surface area contributed by atoms with Crippen molar-refractivity contribution in [1.29, 1.82) is 0 Å². The summed E-state index contributed by atoms with van der Waals surface area (Å²) in [6.45, 7) is 1.90. The van der Waals surface area contributed by atoms with Crippen LogP contribution < -0.4 is 5.32 Å². The molecule has 0 saturated carbocycles. The van der Waals surface area contributed by atoms with E-state index in [0.29, 0.717) is 14.0 Å². The lowest BCUT2D eigenvalue weighted by atomic mass is 10.2. The fourth-order valence-corrected chi connectivity index (χ4v) is 4.66. The van der Waals surface area contributed by atoms with Gasteiger partial charge in [-0.3, -0.25) is 4.79 Å². The van der Waals surface area contributed by atoms with Crippen LogP contribution in [0.15, 0.2) is 46.8 Å². The maximum absolute atomic E-state index is 12.2. The van der Waals surface area contributed by atoms with E-state index in [1.807, 2.05) is 25.1 Å². The first kappa shape index (κ1) is 19.4. The Morgan fingerprint density at radius 3 is 2.62 bits per heavy atom. The van der Waals surface area contributed by atoms with Gasteiger partial charge >= 0.3 is 0 Å². The van der Waals surface area contributed by atoms with Crippen LogP contribution in [0.1, 0.15) is 5.56 Å². The fraction of sp³-hybridized carbons (Fsp3) is 0.118. The third-order valence-electron chi connectivity index (χ3n) is 3.39. The van der Waals surface area contributed by atoms with Crippen molar-refractivity contribution in [2.24, 2.45) is 0 Å². The molecular weight excluding hydrogens is 429 g/mol. The molecule has 0 bridgehead atoms. The molecule has 26 heavy (non-hydrogen) atoms. The molecule has 0 aliphatic rings. The standard InChI is InChI=1S/C17H13Cl2N3OS3/c1-10-8-12(19)4-7-14(10)20-15(23)9-25-16-21-22(17(24)26-16)13-5-2-11(18)3-6-13/h2-8H,9H2,1H3,(H,20,23). The van der Waals surface area contributed by atoms with Crippen LogP contribution in [0.4, 0.5) is 5.69 Å². The molecule has 3 rings (SSSR count). The van der Waals surface area contributed by atoms with E-state index in [-0.39, 0.29) is 11.7 Å². The number of hydrogen-bond acceptors (Lipinski definition) is 5. The molecule has 0 spiro atoms. The van der Waals surface area contributed by atoms with Crippen molar-refractivity contribution in [3.8, 4) is 5.69 Å². The van der Waals surface area contributed by atoms with Crippen LogP contribution in [0.5, 0.6) is 0 Å². The highest BCUT2D eigenvalue weighted by atomic mass is 35.5. The third kappa shape index (κ3) is 4.86. The summed E-state index contributed by atoms with van der Waals surface area (Å²) in [5.74, 6) is 0.130. The van der Waals surface area contributed by atoms with Crippen LogP contribution in [-0.2, 0) is 4.79 Å². The highest BCUT2D eigenvalue weighted by Gasteiger charge is 2.10. The first-order chi connectivity index (χ1) is 12.4. The van der Waals surface area contributed by atoms with Gasteiger partial charge in [-0.1, -0.05) is 46.3 Å². The molecule has 2 aromatic carbocycles. The molecule has 134 valence electrons. The fourth-order valence-electron chi connectivity index (χ4n) is 2.15. The monoisotopic (exact) mass is 441 g/mol. The van der Waals surface area contributed by atoms with Crippen LogP contribution in [0.2, 0.25) is 10.0 Å². The number of nitrogens with zero attached hydrogens (tertiary/aromatic N) is 2. The van der Waals surface area contributed by atoms with Crippen molar-refractivity contribution in [1.82, 2.24) is 9.78 Å². The molecule has 1 heterocycles. The smallest absolute Gasteiger partial charge is 0.234 e. The number of amides is 1. The number of carbonyl (C=O) groups is 1. The number of nitrogens with one attached hydrogen (secondary N) is 1. The summed E-state index contributed by atoms with van der Waals surface area (Å²) < 4.78 is 3.01. The van der Waals surface area contributed by atoms with E-state index in [4.69, 9.17) is 35.4 Å². The van der Waals surface area contributed by atoms with Gasteiger partial charge in [0.2, 0.25) is 5.91 Å². The van der Waals surface area contributed by atoms with E-state index in [9.17, 15) is 4.79 Å². The molecule has 0 aliphatic heterocycles. The summed E-state index contributed by atoms with van der Waals surface area (Å²) in [6, 6.07) is 12.6. The number of carbonyl (C=O) groups excluding carboxylic acids is 1. The average molecular weight is 442 g/mol. The second-order valence-electron chi connectivity index (χ2n) is 5.32. The first-order valence-electron chi connectivity index (χ1n) is 7.47. The van der Waals surface area contributed by atoms with Gasteiger partial charge in [-0.2, -0.15) is 0 Å². The number of thioether (sulfide) groups is 1. The molecule has 0 aliphatic carbocycles. The second kappa shape index (κ2) is 8.54. The number of anilines is 1. The molecule has 4 nitrogen and oxygen atoms in total. The molecule has 1 aromatic heterocycles. The zero-order chi connectivity index (χ0) is 18.7. The van der Waals surface area contributed by atoms with Crippen molar-refractivity contribution in [3.63, 3.8) is 0 Å².